The van der Waals surface area contributed by atoms with Gasteiger partial charge in [-0.15, -0.1) is 10.1 Å². The SMILES string of the molecule is COc1ccccc1OCC(O)CN(C)C(C)(I)CNC(=O)CCCCO[N+](=O)[O-]. The van der Waals surface area contributed by atoms with Crippen molar-refractivity contribution in [3.05, 3.63) is 34.4 Å². The lowest BCUT2D eigenvalue weighted by atomic mass is 10.2. The Morgan fingerprint density at radius 3 is 2.67 bits per heavy atom. The number of aliphatic hydroxyl groups is 1. The summed E-state index contributed by atoms with van der Waals surface area (Å²) in [4.78, 5) is 28.2. The number of hydrogen-bond donors (Lipinski definition) is 2. The number of rotatable bonds is 15. The van der Waals surface area contributed by atoms with Gasteiger partial charge in [-0.3, -0.25) is 9.69 Å². The minimum absolute atomic E-state index is 0.0121. The molecule has 11 heteroatoms. The Balaban J connectivity index is 2.33. The molecular weight excluding hydrogens is 509 g/mol. The number of methoxy groups -OCH3 is 1. The summed E-state index contributed by atoms with van der Waals surface area (Å²) in [6.45, 7) is 2.78. The second-order valence-corrected chi connectivity index (χ2v) is 9.25. The largest absolute Gasteiger partial charge is 0.493 e. The summed E-state index contributed by atoms with van der Waals surface area (Å²) >= 11 is 2.22. The Morgan fingerprint density at radius 1 is 1.37 bits per heavy atom. The third kappa shape index (κ3) is 10.3. The molecule has 0 aliphatic rings. The van der Waals surface area contributed by atoms with E-state index < -0.39 is 14.7 Å². The number of para-hydroxylation sites is 2. The topological polar surface area (TPSA) is 123 Å². The molecule has 0 aromatic heterocycles. The molecule has 0 aliphatic heterocycles. The number of hydrogen-bond acceptors (Lipinski definition) is 8. The molecule has 0 heterocycles. The summed E-state index contributed by atoms with van der Waals surface area (Å²) in [5, 5.41) is 22.4. The van der Waals surface area contributed by atoms with Crippen molar-refractivity contribution in [2.45, 2.75) is 35.8 Å². The zero-order valence-corrected chi connectivity index (χ0v) is 19.7. The van der Waals surface area contributed by atoms with E-state index in [1.165, 1.54) is 0 Å². The van der Waals surface area contributed by atoms with Gasteiger partial charge < -0.3 is 24.7 Å². The first-order valence-electron chi connectivity index (χ1n) is 9.53. The van der Waals surface area contributed by atoms with Crippen LogP contribution in [0.4, 0.5) is 0 Å². The molecule has 170 valence electrons. The van der Waals surface area contributed by atoms with Crippen LogP contribution in [-0.2, 0) is 9.63 Å². The highest BCUT2D eigenvalue weighted by Gasteiger charge is 2.28. The Morgan fingerprint density at radius 2 is 2.03 bits per heavy atom. The molecule has 2 atom stereocenters. The molecule has 1 rings (SSSR count). The van der Waals surface area contributed by atoms with Gasteiger partial charge in [0.15, 0.2) is 11.5 Å². The number of likely N-dealkylation sites (N-methyl/N-ethyl adjacent to an activating group) is 1. The monoisotopic (exact) mass is 539 g/mol. The van der Waals surface area contributed by atoms with Crippen molar-refractivity contribution in [1.29, 1.82) is 0 Å². The van der Waals surface area contributed by atoms with Crippen LogP contribution < -0.4 is 14.8 Å². The highest BCUT2D eigenvalue weighted by atomic mass is 127. The molecule has 0 spiro atoms. The number of nitrogens with zero attached hydrogens (tertiary/aromatic N) is 2. The van der Waals surface area contributed by atoms with Crippen molar-refractivity contribution >= 4 is 28.5 Å². The fourth-order valence-corrected chi connectivity index (χ4v) is 2.88. The maximum atomic E-state index is 12.0. The first kappa shape index (κ1) is 26.2. The van der Waals surface area contributed by atoms with E-state index in [9.17, 15) is 20.0 Å². The lowest BCUT2D eigenvalue weighted by Crippen LogP contribution is -2.50. The molecule has 0 radical (unpaired) electrons. The Kier molecular flexibility index (Phi) is 11.7. The van der Waals surface area contributed by atoms with E-state index in [0.717, 1.165) is 0 Å². The van der Waals surface area contributed by atoms with Gasteiger partial charge in [0, 0.05) is 19.5 Å². The van der Waals surface area contributed by atoms with Gasteiger partial charge in [-0.05, 0) is 38.9 Å². The van der Waals surface area contributed by atoms with E-state index in [-0.39, 0.29) is 25.5 Å². The van der Waals surface area contributed by atoms with E-state index in [0.29, 0.717) is 37.4 Å². The third-order valence-corrected chi connectivity index (χ3v) is 5.59. The van der Waals surface area contributed by atoms with Crippen LogP contribution in [0.25, 0.3) is 0 Å². The van der Waals surface area contributed by atoms with Gasteiger partial charge in [0.2, 0.25) is 5.91 Å². The number of unbranched alkanes of at least 4 members (excludes halogenated alkanes) is 1. The lowest BCUT2D eigenvalue weighted by Gasteiger charge is -2.35. The number of amides is 1. The van der Waals surface area contributed by atoms with Crippen molar-refractivity contribution in [2.75, 3.05) is 40.5 Å². The van der Waals surface area contributed by atoms with Gasteiger partial charge >= 0.3 is 0 Å². The number of carbonyl (C=O) groups excluding carboxylic acids is 1. The van der Waals surface area contributed by atoms with Gasteiger partial charge in [-0.25, -0.2) is 0 Å². The quantitative estimate of drug-likeness (QED) is 0.0867. The second kappa shape index (κ2) is 13.4. The molecule has 0 saturated heterocycles. The minimum Gasteiger partial charge on any atom is -0.493 e. The zero-order valence-electron chi connectivity index (χ0n) is 17.5. The Hall–Kier alpha value is -1.86. The van der Waals surface area contributed by atoms with Gasteiger partial charge in [0.05, 0.1) is 17.3 Å². The predicted molar refractivity (Wildman–Crippen MR) is 119 cm³/mol. The van der Waals surface area contributed by atoms with Crippen LogP contribution in [-0.4, -0.2) is 71.1 Å². The van der Waals surface area contributed by atoms with Gasteiger partial charge in [-0.1, -0.05) is 34.7 Å². The molecule has 0 fully saturated rings. The molecule has 0 saturated carbocycles. The van der Waals surface area contributed by atoms with Crippen LogP contribution >= 0.6 is 22.6 Å². The van der Waals surface area contributed by atoms with Crippen LogP contribution in [0.15, 0.2) is 24.3 Å². The number of ether oxygens (including phenoxy) is 2. The lowest BCUT2D eigenvalue weighted by molar-refractivity contribution is -0.757. The van der Waals surface area contributed by atoms with E-state index in [2.05, 4.69) is 32.7 Å². The smallest absolute Gasteiger partial charge is 0.294 e. The molecule has 1 aromatic rings. The van der Waals surface area contributed by atoms with E-state index in [4.69, 9.17) is 9.47 Å². The van der Waals surface area contributed by atoms with Crippen LogP contribution in [0.2, 0.25) is 0 Å². The number of benzene rings is 1. The normalized spacial score (nSPS) is 13.9. The standard InChI is InChI=1S/C19H30IN3O7/c1-19(20,14-21-18(25)10-6-7-11-30-23(26)27)22(2)12-15(24)13-29-17-9-5-4-8-16(17)28-3/h4-5,8-9,15,24H,6-7,10-14H2,1-3H3,(H,21,25). The molecule has 1 aromatic carbocycles. The molecule has 2 N–H and O–H groups in total. The molecule has 2 unspecified atom stereocenters. The maximum absolute atomic E-state index is 12.0. The number of nitrogens with one attached hydrogen (secondary N) is 1. The van der Waals surface area contributed by atoms with E-state index >= 15 is 0 Å². The van der Waals surface area contributed by atoms with Crippen molar-refractivity contribution in [3.63, 3.8) is 0 Å². The molecule has 0 bridgehead atoms. The molecule has 10 nitrogen and oxygen atoms in total. The summed E-state index contributed by atoms with van der Waals surface area (Å²) < 4.78 is 10.5. The minimum atomic E-state index is -0.840. The highest BCUT2D eigenvalue weighted by molar-refractivity contribution is 14.1. The van der Waals surface area contributed by atoms with Gasteiger partial charge in [0.1, 0.15) is 12.7 Å². The summed E-state index contributed by atoms with van der Waals surface area (Å²) in [6, 6.07) is 7.23. The summed E-state index contributed by atoms with van der Waals surface area (Å²) in [5.41, 5.74) is 0. The van der Waals surface area contributed by atoms with Crippen LogP contribution in [0.3, 0.4) is 0 Å². The summed E-state index contributed by atoms with van der Waals surface area (Å²) in [5.74, 6) is 1.03. The number of alkyl halides is 1. The average Bonchev–Trinajstić information content (AvgIpc) is 2.70. The van der Waals surface area contributed by atoms with Crippen LogP contribution in [0.5, 0.6) is 11.5 Å². The maximum Gasteiger partial charge on any atom is 0.294 e. The molecule has 1 amide bonds. The molecular formula is C19H30IN3O7. The fraction of sp³-hybridized carbons (Fsp3) is 0.632. The van der Waals surface area contributed by atoms with E-state index in [1.807, 2.05) is 31.0 Å². The average molecular weight is 539 g/mol. The number of carbonyl (C=O) groups is 1. The number of halogens is 1. The van der Waals surface area contributed by atoms with Crippen molar-refractivity contribution in [3.8, 4) is 11.5 Å². The van der Waals surface area contributed by atoms with Crippen LogP contribution in [0, 0.1) is 10.1 Å². The fourth-order valence-electron chi connectivity index (χ4n) is 2.49. The van der Waals surface area contributed by atoms with Gasteiger partial charge in [0.25, 0.3) is 5.09 Å². The second-order valence-electron chi connectivity index (χ2n) is 6.93. The molecule has 30 heavy (non-hydrogen) atoms. The highest BCUT2D eigenvalue weighted by Crippen LogP contribution is 2.26. The number of aliphatic hydroxyl groups excluding tert-OH is 1. The predicted octanol–water partition coefficient (Wildman–Crippen LogP) is 2.01. The summed E-state index contributed by atoms with van der Waals surface area (Å²) in [7, 11) is 3.42. The first-order valence-corrected chi connectivity index (χ1v) is 10.6. The van der Waals surface area contributed by atoms with Crippen molar-refractivity contribution < 1.29 is 29.3 Å². The van der Waals surface area contributed by atoms with Crippen molar-refractivity contribution in [1.82, 2.24) is 10.2 Å². The van der Waals surface area contributed by atoms with Crippen molar-refractivity contribution in [2.24, 2.45) is 0 Å². The Bertz CT molecular complexity index is 675. The first-order chi connectivity index (χ1) is 14.2. The molecule has 0 aliphatic carbocycles. The third-order valence-electron chi connectivity index (χ3n) is 4.38. The zero-order chi connectivity index (χ0) is 22.6. The van der Waals surface area contributed by atoms with Crippen LogP contribution in [0.1, 0.15) is 26.2 Å². The van der Waals surface area contributed by atoms with Gasteiger partial charge in [-0.2, -0.15) is 0 Å². The Labute approximate surface area is 190 Å². The van der Waals surface area contributed by atoms with E-state index in [1.54, 1.807) is 19.2 Å². The summed E-state index contributed by atoms with van der Waals surface area (Å²) in [6.07, 6.45) is 0.486.